The van der Waals surface area contributed by atoms with Gasteiger partial charge in [-0.2, -0.15) is 0 Å². The van der Waals surface area contributed by atoms with Crippen LogP contribution in [0.3, 0.4) is 0 Å². The SMILES string of the molecule is CCOc1ccc(NC(=O)[C@@H]2CC(=O)N(c3cccc(C)c3C)C2)cc1. The van der Waals surface area contributed by atoms with E-state index in [-0.39, 0.29) is 24.2 Å². The predicted molar refractivity (Wildman–Crippen MR) is 103 cm³/mol. The van der Waals surface area contributed by atoms with Gasteiger partial charge < -0.3 is 15.0 Å². The van der Waals surface area contributed by atoms with Crippen molar-refractivity contribution in [1.29, 1.82) is 0 Å². The molecule has 1 heterocycles. The molecule has 2 amide bonds. The van der Waals surface area contributed by atoms with Gasteiger partial charge in [-0.25, -0.2) is 0 Å². The number of hydrogen-bond acceptors (Lipinski definition) is 3. The van der Waals surface area contributed by atoms with Gasteiger partial charge in [0.05, 0.1) is 12.5 Å². The maximum absolute atomic E-state index is 12.6. The molecule has 1 atom stereocenters. The molecule has 1 N–H and O–H groups in total. The minimum absolute atomic E-state index is 0.00876. The zero-order valence-electron chi connectivity index (χ0n) is 15.4. The van der Waals surface area contributed by atoms with E-state index in [4.69, 9.17) is 4.74 Å². The van der Waals surface area contributed by atoms with Gasteiger partial charge in [0.15, 0.2) is 0 Å². The van der Waals surface area contributed by atoms with Gasteiger partial charge in [-0.3, -0.25) is 9.59 Å². The number of benzene rings is 2. The lowest BCUT2D eigenvalue weighted by atomic mass is 10.1. The highest BCUT2D eigenvalue weighted by molar-refractivity contribution is 6.03. The lowest BCUT2D eigenvalue weighted by molar-refractivity contribution is -0.122. The molecular weight excluding hydrogens is 328 g/mol. The van der Waals surface area contributed by atoms with Crippen molar-refractivity contribution < 1.29 is 14.3 Å². The number of nitrogens with one attached hydrogen (secondary N) is 1. The number of ether oxygens (including phenoxy) is 1. The maximum atomic E-state index is 12.6. The number of nitrogens with zero attached hydrogens (tertiary/aromatic N) is 1. The lowest BCUT2D eigenvalue weighted by Crippen LogP contribution is -2.28. The first-order valence-corrected chi connectivity index (χ1v) is 8.90. The molecule has 0 aliphatic carbocycles. The second-order valence-corrected chi connectivity index (χ2v) is 6.57. The smallest absolute Gasteiger partial charge is 0.229 e. The third-order valence-corrected chi connectivity index (χ3v) is 4.80. The Morgan fingerprint density at radius 1 is 1.19 bits per heavy atom. The van der Waals surface area contributed by atoms with Crippen LogP contribution in [-0.4, -0.2) is 25.0 Å². The molecule has 3 rings (SSSR count). The molecule has 26 heavy (non-hydrogen) atoms. The van der Waals surface area contributed by atoms with E-state index in [1.807, 2.05) is 63.2 Å². The van der Waals surface area contributed by atoms with Crippen molar-refractivity contribution in [3.8, 4) is 5.75 Å². The predicted octanol–water partition coefficient (Wildman–Crippen LogP) is 3.69. The van der Waals surface area contributed by atoms with Gasteiger partial charge in [-0.1, -0.05) is 12.1 Å². The zero-order valence-corrected chi connectivity index (χ0v) is 15.4. The van der Waals surface area contributed by atoms with Gasteiger partial charge in [-0.05, 0) is 62.2 Å². The Morgan fingerprint density at radius 3 is 2.62 bits per heavy atom. The molecular formula is C21H24N2O3. The standard InChI is InChI=1S/C21H24N2O3/c1-4-26-18-10-8-17(9-11-18)22-21(25)16-12-20(24)23(13-16)19-7-5-6-14(2)15(19)3/h5-11,16H,4,12-13H2,1-3H3,(H,22,25)/t16-/m1/s1. The molecule has 0 bridgehead atoms. The summed E-state index contributed by atoms with van der Waals surface area (Å²) in [4.78, 5) is 26.8. The Hall–Kier alpha value is -2.82. The first-order valence-electron chi connectivity index (χ1n) is 8.90. The number of carbonyl (C=O) groups is 2. The van der Waals surface area contributed by atoms with E-state index in [0.29, 0.717) is 18.8 Å². The van der Waals surface area contributed by atoms with Crippen LogP contribution >= 0.6 is 0 Å². The second-order valence-electron chi connectivity index (χ2n) is 6.57. The van der Waals surface area contributed by atoms with E-state index < -0.39 is 0 Å². The average molecular weight is 352 g/mol. The molecule has 0 saturated carbocycles. The van der Waals surface area contributed by atoms with Crippen molar-refractivity contribution in [2.45, 2.75) is 27.2 Å². The number of hydrogen-bond donors (Lipinski definition) is 1. The Balaban J connectivity index is 1.68. The summed E-state index contributed by atoms with van der Waals surface area (Å²) in [5, 5.41) is 2.90. The third kappa shape index (κ3) is 3.72. The quantitative estimate of drug-likeness (QED) is 0.893. The summed E-state index contributed by atoms with van der Waals surface area (Å²) in [7, 11) is 0. The minimum Gasteiger partial charge on any atom is -0.494 e. The number of rotatable bonds is 5. The van der Waals surface area contributed by atoms with Crippen molar-refractivity contribution in [3.05, 3.63) is 53.6 Å². The van der Waals surface area contributed by atoms with Crippen molar-refractivity contribution in [1.82, 2.24) is 0 Å². The summed E-state index contributed by atoms with van der Waals surface area (Å²) in [5.41, 5.74) is 3.81. The monoisotopic (exact) mass is 352 g/mol. The van der Waals surface area contributed by atoms with E-state index in [9.17, 15) is 9.59 Å². The van der Waals surface area contributed by atoms with E-state index in [1.54, 1.807) is 4.90 Å². The average Bonchev–Trinajstić information content (AvgIpc) is 3.01. The molecule has 1 fully saturated rings. The van der Waals surface area contributed by atoms with Crippen molar-refractivity contribution in [3.63, 3.8) is 0 Å². The molecule has 0 spiro atoms. The fourth-order valence-corrected chi connectivity index (χ4v) is 3.19. The first-order chi connectivity index (χ1) is 12.5. The molecule has 1 aliphatic rings. The molecule has 2 aromatic carbocycles. The highest BCUT2D eigenvalue weighted by Crippen LogP contribution is 2.30. The second kappa shape index (κ2) is 7.60. The summed E-state index contributed by atoms with van der Waals surface area (Å²) >= 11 is 0. The number of aryl methyl sites for hydroxylation is 1. The number of carbonyl (C=O) groups excluding carboxylic acids is 2. The summed E-state index contributed by atoms with van der Waals surface area (Å²) < 4.78 is 5.40. The first kappa shape index (κ1) is 18.0. The van der Waals surface area contributed by atoms with Crippen LogP contribution in [0, 0.1) is 19.8 Å². The van der Waals surface area contributed by atoms with Crippen LogP contribution < -0.4 is 15.0 Å². The summed E-state index contributed by atoms with van der Waals surface area (Å²) in [6.07, 6.45) is 0.232. The molecule has 0 unspecified atom stereocenters. The van der Waals surface area contributed by atoms with E-state index in [1.165, 1.54) is 0 Å². The van der Waals surface area contributed by atoms with Gasteiger partial charge in [-0.15, -0.1) is 0 Å². The molecule has 1 saturated heterocycles. The normalized spacial score (nSPS) is 16.7. The Labute approximate surface area is 154 Å². The van der Waals surface area contributed by atoms with Gasteiger partial charge in [0, 0.05) is 24.3 Å². The highest BCUT2D eigenvalue weighted by Gasteiger charge is 2.35. The largest absolute Gasteiger partial charge is 0.494 e. The Kier molecular flexibility index (Phi) is 5.26. The topological polar surface area (TPSA) is 58.6 Å². The summed E-state index contributed by atoms with van der Waals surface area (Å²) in [5.74, 6) is 0.275. The van der Waals surface area contributed by atoms with E-state index in [0.717, 1.165) is 22.6 Å². The van der Waals surface area contributed by atoms with Gasteiger partial charge in [0.1, 0.15) is 5.75 Å². The fourth-order valence-electron chi connectivity index (χ4n) is 3.19. The van der Waals surface area contributed by atoms with Crippen LogP contribution in [0.5, 0.6) is 5.75 Å². The highest BCUT2D eigenvalue weighted by atomic mass is 16.5. The summed E-state index contributed by atoms with van der Waals surface area (Å²) in [6, 6.07) is 13.2. The Morgan fingerprint density at radius 2 is 1.92 bits per heavy atom. The number of amides is 2. The molecule has 5 nitrogen and oxygen atoms in total. The zero-order chi connectivity index (χ0) is 18.7. The van der Waals surface area contributed by atoms with Crippen LogP contribution in [0.25, 0.3) is 0 Å². The molecule has 0 aromatic heterocycles. The Bertz CT molecular complexity index is 815. The lowest BCUT2D eigenvalue weighted by Gasteiger charge is -2.20. The van der Waals surface area contributed by atoms with Gasteiger partial charge in [0.2, 0.25) is 11.8 Å². The fraction of sp³-hybridized carbons (Fsp3) is 0.333. The van der Waals surface area contributed by atoms with Crippen LogP contribution in [0.1, 0.15) is 24.5 Å². The van der Waals surface area contributed by atoms with Gasteiger partial charge >= 0.3 is 0 Å². The van der Waals surface area contributed by atoms with E-state index in [2.05, 4.69) is 5.32 Å². The molecule has 136 valence electrons. The van der Waals surface area contributed by atoms with Crippen LogP contribution in [0.4, 0.5) is 11.4 Å². The van der Waals surface area contributed by atoms with Crippen LogP contribution in [0.15, 0.2) is 42.5 Å². The molecule has 1 aliphatic heterocycles. The van der Waals surface area contributed by atoms with Gasteiger partial charge in [0.25, 0.3) is 0 Å². The molecule has 2 aromatic rings. The van der Waals surface area contributed by atoms with Crippen molar-refractivity contribution in [2.24, 2.45) is 5.92 Å². The maximum Gasteiger partial charge on any atom is 0.229 e. The number of anilines is 2. The molecule has 0 radical (unpaired) electrons. The van der Waals surface area contributed by atoms with E-state index >= 15 is 0 Å². The van der Waals surface area contributed by atoms with Crippen LogP contribution in [-0.2, 0) is 9.59 Å². The molecule has 5 heteroatoms. The minimum atomic E-state index is -0.353. The summed E-state index contributed by atoms with van der Waals surface area (Å²) in [6.45, 7) is 6.96. The third-order valence-electron chi connectivity index (χ3n) is 4.80. The van der Waals surface area contributed by atoms with Crippen LogP contribution in [0.2, 0.25) is 0 Å². The van der Waals surface area contributed by atoms with Crippen molar-refractivity contribution in [2.75, 3.05) is 23.4 Å². The van der Waals surface area contributed by atoms with Crippen molar-refractivity contribution >= 4 is 23.2 Å².